The molecular weight excluding hydrogens is 319 g/mol. The lowest BCUT2D eigenvalue weighted by Gasteiger charge is -2.41. The van der Waals surface area contributed by atoms with E-state index < -0.39 is 0 Å². The number of hydrogen-bond acceptors (Lipinski definition) is 2. The summed E-state index contributed by atoms with van der Waals surface area (Å²) in [5.41, 5.74) is 0.628. The highest BCUT2D eigenvalue weighted by atomic mass is 35.5. The van der Waals surface area contributed by atoms with Crippen LogP contribution in [0.5, 0.6) is 0 Å². The molecule has 1 amide bonds. The van der Waals surface area contributed by atoms with Crippen molar-refractivity contribution in [1.29, 1.82) is 0 Å². The number of nitrogens with zero attached hydrogens (tertiary/aromatic N) is 1. The molecule has 22 heavy (non-hydrogen) atoms. The summed E-state index contributed by atoms with van der Waals surface area (Å²) in [4.78, 5) is 14.5. The van der Waals surface area contributed by atoms with Crippen LogP contribution in [0.25, 0.3) is 0 Å². The lowest BCUT2D eigenvalue weighted by molar-refractivity contribution is -0.118. The SMILES string of the molecule is O=C(CN1CCC2CCCCC2C1)Nc1ccc(Cl)cc1Cl. The fourth-order valence-corrected chi connectivity index (χ4v) is 4.26. The Bertz CT molecular complexity index is 549. The van der Waals surface area contributed by atoms with Gasteiger partial charge in [-0.05, 0) is 49.4 Å². The minimum atomic E-state index is -0.00141. The number of piperidine rings is 1. The first-order chi connectivity index (χ1) is 10.6. The van der Waals surface area contributed by atoms with Crippen molar-refractivity contribution in [2.24, 2.45) is 11.8 Å². The molecule has 2 atom stereocenters. The Morgan fingerprint density at radius 3 is 2.73 bits per heavy atom. The maximum absolute atomic E-state index is 12.2. The highest BCUT2D eigenvalue weighted by molar-refractivity contribution is 6.36. The van der Waals surface area contributed by atoms with Crippen LogP contribution in [0.15, 0.2) is 18.2 Å². The van der Waals surface area contributed by atoms with E-state index in [2.05, 4.69) is 10.2 Å². The summed E-state index contributed by atoms with van der Waals surface area (Å²) in [5, 5.41) is 3.94. The summed E-state index contributed by atoms with van der Waals surface area (Å²) in [6.07, 6.45) is 6.68. The van der Waals surface area contributed by atoms with Gasteiger partial charge in [-0.3, -0.25) is 9.69 Å². The molecule has 0 bridgehead atoms. The number of benzene rings is 1. The van der Waals surface area contributed by atoms with Crippen molar-refractivity contribution in [1.82, 2.24) is 4.90 Å². The summed E-state index contributed by atoms with van der Waals surface area (Å²) in [6.45, 7) is 2.54. The number of halogens is 2. The van der Waals surface area contributed by atoms with Crippen molar-refractivity contribution in [2.75, 3.05) is 25.0 Å². The lowest BCUT2D eigenvalue weighted by Crippen LogP contribution is -2.44. The van der Waals surface area contributed by atoms with Crippen LogP contribution in [0, 0.1) is 11.8 Å². The second-order valence-electron chi connectivity index (χ2n) is 6.50. The molecule has 1 N–H and O–H groups in total. The minimum absolute atomic E-state index is 0.00141. The number of nitrogens with one attached hydrogen (secondary N) is 1. The van der Waals surface area contributed by atoms with Gasteiger partial charge in [0.2, 0.25) is 5.91 Å². The Morgan fingerprint density at radius 1 is 1.18 bits per heavy atom. The molecule has 1 saturated carbocycles. The molecule has 2 unspecified atom stereocenters. The molecule has 2 aliphatic rings. The van der Waals surface area contributed by atoms with Gasteiger partial charge in [0.25, 0.3) is 0 Å². The smallest absolute Gasteiger partial charge is 0.238 e. The molecule has 0 spiro atoms. The van der Waals surface area contributed by atoms with Crippen LogP contribution < -0.4 is 5.32 Å². The summed E-state index contributed by atoms with van der Waals surface area (Å²) in [6, 6.07) is 5.12. The molecule has 1 aliphatic carbocycles. The van der Waals surface area contributed by atoms with Crippen LogP contribution in [-0.2, 0) is 4.79 Å². The maximum atomic E-state index is 12.2. The van der Waals surface area contributed by atoms with Gasteiger partial charge in [0.05, 0.1) is 17.3 Å². The van der Waals surface area contributed by atoms with Crippen molar-refractivity contribution in [3.63, 3.8) is 0 Å². The molecule has 1 aromatic rings. The molecule has 2 fully saturated rings. The number of likely N-dealkylation sites (tertiary alicyclic amines) is 1. The van der Waals surface area contributed by atoms with Crippen LogP contribution >= 0.6 is 23.2 Å². The highest BCUT2D eigenvalue weighted by Crippen LogP contribution is 2.36. The van der Waals surface area contributed by atoms with E-state index in [0.717, 1.165) is 24.9 Å². The zero-order chi connectivity index (χ0) is 15.5. The monoisotopic (exact) mass is 340 g/mol. The highest BCUT2D eigenvalue weighted by Gasteiger charge is 2.31. The van der Waals surface area contributed by atoms with E-state index in [1.165, 1.54) is 32.1 Å². The van der Waals surface area contributed by atoms with Gasteiger partial charge in [0.1, 0.15) is 0 Å². The number of amides is 1. The third kappa shape index (κ3) is 3.95. The van der Waals surface area contributed by atoms with E-state index in [-0.39, 0.29) is 5.91 Å². The van der Waals surface area contributed by atoms with Gasteiger partial charge in [-0.15, -0.1) is 0 Å². The molecule has 0 radical (unpaired) electrons. The van der Waals surface area contributed by atoms with Gasteiger partial charge in [-0.2, -0.15) is 0 Å². The summed E-state index contributed by atoms with van der Waals surface area (Å²) >= 11 is 12.0. The largest absolute Gasteiger partial charge is 0.324 e. The van der Waals surface area contributed by atoms with Crippen LogP contribution in [0.2, 0.25) is 10.0 Å². The van der Waals surface area contributed by atoms with Crippen molar-refractivity contribution in [3.05, 3.63) is 28.2 Å². The van der Waals surface area contributed by atoms with Gasteiger partial charge in [-0.1, -0.05) is 42.5 Å². The molecule has 1 saturated heterocycles. The normalized spacial score (nSPS) is 25.5. The lowest BCUT2D eigenvalue weighted by atomic mass is 9.75. The Hall–Kier alpha value is -0.770. The zero-order valence-electron chi connectivity index (χ0n) is 12.7. The molecular formula is C17H22Cl2N2O. The standard InChI is InChI=1S/C17H22Cl2N2O/c18-14-5-6-16(15(19)9-14)20-17(22)11-21-8-7-12-3-1-2-4-13(12)10-21/h5-6,9,12-13H,1-4,7-8,10-11H2,(H,20,22). The first-order valence-electron chi connectivity index (χ1n) is 8.09. The predicted molar refractivity (Wildman–Crippen MR) is 91.6 cm³/mol. The van der Waals surface area contributed by atoms with E-state index in [9.17, 15) is 4.79 Å². The summed E-state index contributed by atoms with van der Waals surface area (Å²) in [7, 11) is 0. The van der Waals surface area contributed by atoms with Crippen molar-refractivity contribution < 1.29 is 4.79 Å². The van der Waals surface area contributed by atoms with Gasteiger partial charge in [0, 0.05) is 11.6 Å². The Kier molecular flexibility index (Phi) is 5.27. The van der Waals surface area contributed by atoms with Gasteiger partial charge < -0.3 is 5.32 Å². The first kappa shape index (κ1) is 16.1. The Balaban J connectivity index is 1.53. The van der Waals surface area contributed by atoms with E-state index in [1.807, 2.05) is 0 Å². The third-order valence-corrected chi connectivity index (χ3v) is 5.50. The fourth-order valence-electron chi connectivity index (χ4n) is 3.80. The molecule has 3 nitrogen and oxygen atoms in total. The number of rotatable bonds is 3. The average Bonchev–Trinajstić information content (AvgIpc) is 2.50. The predicted octanol–water partition coefficient (Wildman–Crippen LogP) is 4.44. The quantitative estimate of drug-likeness (QED) is 0.881. The number of anilines is 1. The summed E-state index contributed by atoms with van der Waals surface area (Å²) < 4.78 is 0. The van der Waals surface area contributed by atoms with Crippen molar-refractivity contribution in [2.45, 2.75) is 32.1 Å². The molecule has 1 aromatic carbocycles. The maximum Gasteiger partial charge on any atom is 0.238 e. The summed E-state index contributed by atoms with van der Waals surface area (Å²) in [5.74, 6) is 1.67. The van der Waals surface area contributed by atoms with Gasteiger partial charge >= 0.3 is 0 Å². The number of carbonyl (C=O) groups excluding carboxylic acids is 1. The van der Waals surface area contributed by atoms with E-state index in [0.29, 0.717) is 22.3 Å². The zero-order valence-corrected chi connectivity index (χ0v) is 14.2. The molecule has 1 aliphatic heterocycles. The first-order valence-corrected chi connectivity index (χ1v) is 8.84. The van der Waals surface area contributed by atoms with Crippen LogP contribution in [0.1, 0.15) is 32.1 Å². The van der Waals surface area contributed by atoms with E-state index in [1.54, 1.807) is 18.2 Å². The van der Waals surface area contributed by atoms with Crippen molar-refractivity contribution in [3.8, 4) is 0 Å². The average molecular weight is 341 g/mol. The molecule has 0 aromatic heterocycles. The Morgan fingerprint density at radius 2 is 1.95 bits per heavy atom. The second kappa shape index (κ2) is 7.20. The minimum Gasteiger partial charge on any atom is -0.324 e. The second-order valence-corrected chi connectivity index (χ2v) is 7.34. The number of hydrogen-bond donors (Lipinski definition) is 1. The number of fused-ring (bicyclic) bond motifs is 1. The molecule has 5 heteroatoms. The van der Waals surface area contributed by atoms with Gasteiger partial charge in [-0.25, -0.2) is 0 Å². The third-order valence-electron chi connectivity index (χ3n) is 4.95. The van der Waals surface area contributed by atoms with E-state index in [4.69, 9.17) is 23.2 Å². The number of carbonyl (C=O) groups is 1. The van der Waals surface area contributed by atoms with Crippen LogP contribution in [0.4, 0.5) is 5.69 Å². The Labute approximate surface area is 142 Å². The van der Waals surface area contributed by atoms with Crippen molar-refractivity contribution >= 4 is 34.8 Å². The van der Waals surface area contributed by atoms with Crippen LogP contribution in [0.3, 0.4) is 0 Å². The van der Waals surface area contributed by atoms with Gasteiger partial charge in [0.15, 0.2) is 0 Å². The molecule has 3 rings (SSSR count). The topological polar surface area (TPSA) is 32.3 Å². The molecule has 120 valence electrons. The van der Waals surface area contributed by atoms with E-state index >= 15 is 0 Å². The fraction of sp³-hybridized carbons (Fsp3) is 0.588. The van der Waals surface area contributed by atoms with Crippen LogP contribution in [-0.4, -0.2) is 30.4 Å². The molecule has 1 heterocycles.